The second kappa shape index (κ2) is 9.92. The zero-order chi connectivity index (χ0) is 16.9. The van der Waals surface area contributed by atoms with Gasteiger partial charge in [-0.25, -0.2) is 0 Å². The van der Waals surface area contributed by atoms with Gasteiger partial charge in [0.1, 0.15) is 0 Å². The third-order valence-corrected chi connectivity index (χ3v) is 3.98. The van der Waals surface area contributed by atoms with Crippen LogP contribution in [0.5, 0.6) is 0 Å². The van der Waals surface area contributed by atoms with Gasteiger partial charge in [-0.3, -0.25) is 0 Å². The summed E-state index contributed by atoms with van der Waals surface area (Å²) in [6.45, 7) is 1.28. The molecule has 6 N–H and O–H groups in total. The fourth-order valence-electron chi connectivity index (χ4n) is 2.68. The van der Waals surface area contributed by atoms with E-state index in [0.29, 0.717) is 6.54 Å². The zero-order valence-corrected chi connectivity index (χ0v) is 16.0. The molecule has 138 valence electrons. The third-order valence-electron chi connectivity index (χ3n) is 3.98. The molecule has 0 fully saturated rings. The normalized spacial score (nSPS) is 9.73. The smallest absolute Gasteiger partial charge is 0.0481 e. The molecule has 0 aliphatic carbocycles. The van der Waals surface area contributed by atoms with E-state index in [9.17, 15) is 0 Å². The minimum absolute atomic E-state index is 0. The van der Waals surface area contributed by atoms with E-state index in [1.165, 1.54) is 5.56 Å². The number of benzene rings is 3. The molecule has 3 aromatic rings. The second-order valence-corrected chi connectivity index (χ2v) is 5.79. The predicted molar refractivity (Wildman–Crippen MR) is 116 cm³/mol. The van der Waals surface area contributed by atoms with Crippen molar-refractivity contribution in [2.24, 2.45) is 5.73 Å². The van der Waals surface area contributed by atoms with E-state index in [-0.39, 0.29) is 24.8 Å². The average Bonchev–Trinajstić information content (AvgIpc) is 2.62. The molecule has 3 aromatic carbocycles. The van der Waals surface area contributed by atoms with Gasteiger partial charge in [0.25, 0.3) is 0 Å². The van der Waals surface area contributed by atoms with Gasteiger partial charge in [-0.05, 0) is 59.7 Å². The lowest BCUT2D eigenvalue weighted by Gasteiger charge is -2.26. The lowest BCUT2D eigenvalue weighted by Crippen LogP contribution is -2.16. The summed E-state index contributed by atoms with van der Waals surface area (Å²) >= 11 is 0. The molecule has 0 heterocycles. The van der Waals surface area contributed by atoms with E-state index in [1.807, 2.05) is 60.7 Å². The van der Waals surface area contributed by atoms with Crippen LogP contribution in [-0.2, 0) is 13.1 Å². The van der Waals surface area contributed by atoms with Crippen molar-refractivity contribution in [1.82, 2.24) is 0 Å². The summed E-state index contributed by atoms with van der Waals surface area (Å²) in [5, 5.41) is 0. The van der Waals surface area contributed by atoms with Crippen LogP contribution in [0, 0.1) is 0 Å². The highest BCUT2D eigenvalue weighted by atomic mass is 35.5. The summed E-state index contributed by atoms with van der Waals surface area (Å²) in [4.78, 5) is 2.23. The van der Waals surface area contributed by atoms with Gasteiger partial charge < -0.3 is 22.1 Å². The lowest BCUT2D eigenvalue weighted by molar-refractivity contribution is 0.964. The molecule has 0 spiro atoms. The van der Waals surface area contributed by atoms with E-state index in [4.69, 9.17) is 17.2 Å². The fourth-order valence-corrected chi connectivity index (χ4v) is 2.68. The van der Waals surface area contributed by atoms with Crippen molar-refractivity contribution in [3.8, 4) is 0 Å². The van der Waals surface area contributed by atoms with Gasteiger partial charge in [0, 0.05) is 35.8 Å². The number of hydrogen-bond acceptors (Lipinski definition) is 4. The van der Waals surface area contributed by atoms with Gasteiger partial charge in [0.15, 0.2) is 0 Å². The van der Waals surface area contributed by atoms with Crippen LogP contribution in [0.3, 0.4) is 0 Å². The van der Waals surface area contributed by atoms with Gasteiger partial charge in [-0.1, -0.05) is 24.3 Å². The summed E-state index contributed by atoms with van der Waals surface area (Å²) in [6, 6.07) is 24.1. The van der Waals surface area contributed by atoms with Crippen molar-refractivity contribution in [2.75, 3.05) is 16.4 Å². The summed E-state index contributed by atoms with van der Waals surface area (Å²) in [5.74, 6) is 0. The van der Waals surface area contributed by atoms with Crippen molar-refractivity contribution in [1.29, 1.82) is 0 Å². The van der Waals surface area contributed by atoms with E-state index >= 15 is 0 Å². The molecular formula is C20H24Cl2N4. The molecular weight excluding hydrogens is 367 g/mol. The van der Waals surface area contributed by atoms with Crippen molar-refractivity contribution in [3.05, 3.63) is 83.9 Å². The molecule has 26 heavy (non-hydrogen) atoms. The van der Waals surface area contributed by atoms with Crippen LogP contribution < -0.4 is 22.1 Å². The number of anilines is 4. The first kappa shape index (κ1) is 21.6. The van der Waals surface area contributed by atoms with E-state index < -0.39 is 0 Å². The first-order valence-electron chi connectivity index (χ1n) is 7.92. The maximum atomic E-state index is 5.83. The Balaban J connectivity index is 0.00000169. The van der Waals surface area contributed by atoms with E-state index in [0.717, 1.165) is 34.9 Å². The molecule has 6 heteroatoms. The molecule has 0 aliphatic rings. The fraction of sp³-hybridized carbons (Fsp3) is 0.100. The lowest BCUT2D eigenvalue weighted by atomic mass is 10.1. The topological polar surface area (TPSA) is 81.3 Å². The maximum absolute atomic E-state index is 5.83. The third kappa shape index (κ3) is 5.30. The summed E-state index contributed by atoms with van der Waals surface area (Å²) in [6.07, 6.45) is 0. The second-order valence-electron chi connectivity index (χ2n) is 5.79. The number of halogens is 2. The van der Waals surface area contributed by atoms with Crippen molar-refractivity contribution in [3.63, 3.8) is 0 Å². The maximum Gasteiger partial charge on any atom is 0.0481 e. The molecule has 3 rings (SSSR count). The highest BCUT2D eigenvalue weighted by Crippen LogP contribution is 2.29. The Bertz CT molecular complexity index is 759. The van der Waals surface area contributed by atoms with Gasteiger partial charge in [0.2, 0.25) is 0 Å². The van der Waals surface area contributed by atoms with Crippen LogP contribution in [0.2, 0.25) is 0 Å². The molecule has 0 aliphatic heterocycles. The van der Waals surface area contributed by atoms with Gasteiger partial charge in [-0.15, -0.1) is 24.8 Å². The number of nitrogens with zero attached hydrogens (tertiary/aromatic N) is 1. The Morgan fingerprint density at radius 2 is 1.12 bits per heavy atom. The molecule has 0 saturated heterocycles. The minimum Gasteiger partial charge on any atom is -0.399 e. The monoisotopic (exact) mass is 390 g/mol. The molecule has 0 aromatic heterocycles. The quantitative estimate of drug-likeness (QED) is 0.560. The molecule has 0 amide bonds. The molecule has 0 unspecified atom stereocenters. The molecule has 4 nitrogen and oxygen atoms in total. The minimum atomic E-state index is 0. The highest BCUT2D eigenvalue weighted by molar-refractivity contribution is 5.85. The molecule has 0 radical (unpaired) electrons. The van der Waals surface area contributed by atoms with Crippen molar-refractivity contribution in [2.45, 2.75) is 13.1 Å². The summed E-state index contributed by atoms with van der Waals surface area (Å²) in [7, 11) is 0. The standard InChI is InChI=1S/C20H22N4.2ClH/c21-13-15-2-1-3-16(12-15)14-24(19-8-4-17(22)5-9-19)20-10-6-18(23)7-11-20;;/h1-12H,13-14,21-23H2;2*1H. The summed E-state index contributed by atoms with van der Waals surface area (Å²) < 4.78 is 0. The van der Waals surface area contributed by atoms with Gasteiger partial charge in [-0.2, -0.15) is 0 Å². The van der Waals surface area contributed by atoms with Gasteiger partial charge >= 0.3 is 0 Å². The van der Waals surface area contributed by atoms with Crippen LogP contribution >= 0.6 is 24.8 Å². The van der Waals surface area contributed by atoms with Crippen LogP contribution in [0.4, 0.5) is 22.7 Å². The number of hydrogen-bond donors (Lipinski definition) is 3. The Morgan fingerprint density at radius 1 is 0.654 bits per heavy atom. The number of nitrogens with two attached hydrogens (primary N) is 3. The average molecular weight is 391 g/mol. The predicted octanol–water partition coefficient (Wildman–Crippen LogP) is 4.49. The largest absolute Gasteiger partial charge is 0.399 e. The number of rotatable bonds is 5. The Hall–Kier alpha value is -2.40. The molecule has 0 bridgehead atoms. The SMILES string of the molecule is Cl.Cl.NCc1cccc(CN(c2ccc(N)cc2)c2ccc(N)cc2)c1. The first-order valence-corrected chi connectivity index (χ1v) is 7.92. The van der Waals surface area contributed by atoms with Gasteiger partial charge in [0.05, 0.1) is 0 Å². The van der Waals surface area contributed by atoms with Crippen LogP contribution in [-0.4, -0.2) is 0 Å². The number of nitrogen functional groups attached to an aromatic ring is 2. The van der Waals surface area contributed by atoms with Crippen LogP contribution in [0.15, 0.2) is 72.8 Å². The molecule has 0 saturated carbocycles. The molecule has 0 atom stereocenters. The van der Waals surface area contributed by atoms with Crippen LogP contribution in [0.25, 0.3) is 0 Å². The Morgan fingerprint density at radius 3 is 1.58 bits per heavy atom. The van der Waals surface area contributed by atoms with Crippen LogP contribution in [0.1, 0.15) is 11.1 Å². The zero-order valence-electron chi connectivity index (χ0n) is 14.3. The van der Waals surface area contributed by atoms with Crippen molar-refractivity contribution >= 4 is 47.6 Å². The highest BCUT2D eigenvalue weighted by Gasteiger charge is 2.10. The van der Waals surface area contributed by atoms with E-state index in [2.05, 4.69) is 17.0 Å². The van der Waals surface area contributed by atoms with Crippen molar-refractivity contribution < 1.29 is 0 Å². The summed E-state index contributed by atoms with van der Waals surface area (Å²) in [5.41, 5.74) is 23.4. The Labute approximate surface area is 166 Å². The Kier molecular flexibility index (Phi) is 8.26. The first-order chi connectivity index (χ1) is 11.7. The van der Waals surface area contributed by atoms with E-state index in [1.54, 1.807) is 0 Å².